The predicted molar refractivity (Wildman–Crippen MR) is 115 cm³/mol. The lowest BCUT2D eigenvalue weighted by atomic mass is 10.2. The summed E-state index contributed by atoms with van der Waals surface area (Å²) in [6.07, 6.45) is 3.96. The van der Waals surface area contributed by atoms with Crippen molar-refractivity contribution in [1.29, 1.82) is 0 Å². The fraction of sp³-hybridized carbons (Fsp3) is 0.190. The van der Waals surface area contributed by atoms with E-state index in [1.165, 1.54) is 6.08 Å². The fourth-order valence-corrected chi connectivity index (χ4v) is 2.47. The zero-order valence-corrected chi connectivity index (χ0v) is 16.6. The van der Waals surface area contributed by atoms with E-state index in [9.17, 15) is 9.59 Å². The minimum atomic E-state index is -0.344. The zero-order valence-electron chi connectivity index (χ0n) is 15.8. The first-order chi connectivity index (χ1) is 13.5. The first kappa shape index (κ1) is 21.1. The largest absolute Gasteiger partial charge is 0.497 e. The molecule has 0 fully saturated rings. The number of methoxy groups -OCH3 is 1. The van der Waals surface area contributed by atoms with E-state index in [0.717, 1.165) is 17.7 Å². The lowest BCUT2D eigenvalue weighted by molar-refractivity contribution is -0.115. The van der Waals surface area contributed by atoms with Crippen LogP contribution in [0.1, 0.15) is 29.3 Å². The second-order valence-corrected chi connectivity index (χ2v) is 6.29. The van der Waals surface area contributed by atoms with Gasteiger partial charge in [-0.2, -0.15) is 0 Å². The Labute approximate surface area is 170 Å². The van der Waals surface area contributed by atoms with Crippen molar-refractivity contribution in [1.82, 2.24) is 10.6 Å². The van der Waals surface area contributed by atoms with Crippen molar-refractivity contribution in [3.05, 3.63) is 65.7 Å². The van der Waals surface area contributed by atoms with Crippen molar-refractivity contribution in [2.75, 3.05) is 19.0 Å². The summed E-state index contributed by atoms with van der Waals surface area (Å²) in [5.74, 6) is 0.290. The Morgan fingerprint density at radius 3 is 2.36 bits per heavy atom. The first-order valence-electron chi connectivity index (χ1n) is 8.84. The van der Waals surface area contributed by atoms with Gasteiger partial charge in [-0.25, -0.2) is 0 Å². The van der Waals surface area contributed by atoms with Gasteiger partial charge in [-0.1, -0.05) is 19.1 Å². The highest BCUT2D eigenvalue weighted by Crippen LogP contribution is 2.12. The van der Waals surface area contributed by atoms with Crippen molar-refractivity contribution >= 4 is 40.9 Å². The summed E-state index contributed by atoms with van der Waals surface area (Å²) < 4.78 is 5.09. The molecule has 0 spiro atoms. The Morgan fingerprint density at radius 2 is 1.75 bits per heavy atom. The lowest BCUT2D eigenvalue weighted by Crippen LogP contribution is -2.32. The lowest BCUT2D eigenvalue weighted by Gasteiger charge is -2.09. The molecule has 0 saturated heterocycles. The highest BCUT2D eigenvalue weighted by atomic mass is 32.1. The Morgan fingerprint density at radius 1 is 1.07 bits per heavy atom. The van der Waals surface area contributed by atoms with E-state index in [4.69, 9.17) is 17.0 Å². The van der Waals surface area contributed by atoms with Crippen LogP contribution in [0.4, 0.5) is 5.69 Å². The summed E-state index contributed by atoms with van der Waals surface area (Å²) in [6.45, 7) is 2.63. The van der Waals surface area contributed by atoms with Gasteiger partial charge < -0.3 is 15.4 Å². The molecule has 0 aliphatic carbocycles. The highest BCUT2D eigenvalue weighted by Gasteiger charge is 2.05. The number of amides is 2. The van der Waals surface area contributed by atoms with Crippen molar-refractivity contribution < 1.29 is 14.3 Å². The van der Waals surface area contributed by atoms with Crippen LogP contribution >= 0.6 is 12.2 Å². The predicted octanol–water partition coefficient (Wildman–Crippen LogP) is 3.36. The molecule has 0 unspecified atom stereocenters. The van der Waals surface area contributed by atoms with Gasteiger partial charge in [0, 0.05) is 23.9 Å². The van der Waals surface area contributed by atoms with E-state index in [2.05, 4.69) is 16.0 Å². The van der Waals surface area contributed by atoms with Gasteiger partial charge in [-0.15, -0.1) is 0 Å². The van der Waals surface area contributed by atoms with E-state index < -0.39 is 0 Å². The minimum absolute atomic E-state index is 0.118. The minimum Gasteiger partial charge on any atom is -0.497 e. The average molecular weight is 398 g/mol. The topological polar surface area (TPSA) is 79.5 Å². The molecule has 0 heterocycles. The molecule has 2 amide bonds. The second-order valence-electron chi connectivity index (χ2n) is 5.88. The molecule has 2 aromatic rings. The summed E-state index contributed by atoms with van der Waals surface area (Å²) in [5.41, 5.74) is 2.11. The van der Waals surface area contributed by atoms with Crippen LogP contribution in [-0.4, -0.2) is 30.6 Å². The molecule has 7 heteroatoms. The molecule has 0 aliphatic heterocycles. The van der Waals surface area contributed by atoms with Gasteiger partial charge in [0.25, 0.3) is 5.91 Å². The van der Waals surface area contributed by atoms with Crippen molar-refractivity contribution in [3.63, 3.8) is 0 Å². The summed E-state index contributed by atoms with van der Waals surface area (Å²) in [4.78, 5) is 23.9. The second kappa shape index (κ2) is 10.8. The monoisotopic (exact) mass is 397 g/mol. The molecule has 3 N–H and O–H groups in total. The van der Waals surface area contributed by atoms with Gasteiger partial charge in [0.15, 0.2) is 5.11 Å². The number of hydrogen-bond acceptors (Lipinski definition) is 4. The van der Waals surface area contributed by atoms with E-state index >= 15 is 0 Å². The molecule has 0 radical (unpaired) electrons. The van der Waals surface area contributed by atoms with Gasteiger partial charge in [0.2, 0.25) is 5.91 Å². The molecule has 0 saturated carbocycles. The molecule has 0 bridgehead atoms. The molecule has 0 aromatic heterocycles. The number of nitrogens with one attached hydrogen (secondary N) is 3. The molecule has 2 aromatic carbocycles. The third kappa shape index (κ3) is 6.85. The maximum absolute atomic E-state index is 12.0. The summed E-state index contributed by atoms with van der Waals surface area (Å²) in [5, 5.41) is 8.48. The number of hydrogen-bond donors (Lipinski definition) is 3. The van der Waals surface area contributed by atoms with Crippen LogP contribution in [0.15, 0.2) is 54.6 Å². The average Bonchev–Trinajstić information content (AvgIpc) is 2.71. The summed E-state index contributed by atoms with van der Waals surface area (Å²) in [7, 11) is 1.60. The highest BCUT2D eigenvalue weighted by molar-refractivity contribution is 7.80. The Balaban J connectivity index is 1.84. The fourth-order valence-electron chi connectivity index (χ4n) is 2.25. The quantitative estimate of drug-likeness (QED) is 0.493. The molecular formula is C21H23N3O3S. The number of carbonyl (C=O) groups excluding carboxylic acids is 2. The third-order valence-corrected chi connectivity index (χ3v) is 3.92. The Bertz CT molecular complexity index is 846. The van der Waals surface area contributed by atoms with Gasteiger partial charge in [-0.3, -0.25) is 14.9 Å². The smallest absolute Gasteiger partial charge is 0.251 e. The third-order valence-electron chi connectivity index (χ3n) is 3.72. The Kier molecular flexibility index (Phi) is 8.17. The van der Waals surface area contributed by atoms with Gasteiger partial charge >= 0.3 is 0 Å². The van der Waals surface area contributed by atoms with Crippen LogP contribution in [0.25, 0.3) is 6.08 Å². The van der Waals surface area contributed by atoms with Crippen LogP contribution in [0, 0.1) is 0 Å². The van der Waals surface area contributed by atoms with E-state index in [-0.39, 0.29) is 16.9 Å². The SMILES string of the molecule is CCCNC(=O)c1ccc(NC(=S)NC(=O)/C=C/c2ccc(OC)cc2)cc1. The van der Waals surface area contributed by atoms with Crippen LogP contribution in [0.3, 0.4) is 0 Å². The first-order valence-corrected chi connectivity index (χ1v) is 9.25. The number of thiocarbonyl (C=S) groups is 1. The van der Waals surface area contributed by atoms with Crippen LogP contribution in [0.5, 0.6) is 5.75 Å². The molecular weight excluding hydrogens is 374 g/mol. The Hall–Kier alpha value is -3.19. The van der Waals surface area contributed by atoms with Crippen molar-refractivity contribution in [2.24, 2.45) is 0 Å². The number of rotatable bonds is 7. The van der Waals surface area contributed by atoms with E-state index in [0.29, 0.717) is 17.8 Å². The van der Waals surface area contributed by atoms with Gasteiger partial charge in [0.1, 0.15) is 5.75 Å². The van der Waals surface area contributed by atoms with E-state index in [1.54, 1.807) is 37.5 Å². The molecule has 0 aliphatic rings. The molecule has 6 nitrogen and oxygen atoms in total. The summed E-state index contributed by atoms with van der Waals surface area (Å²) in [6, 6.07) is 14.2. The van der Waals surface area contributed by atoms with Gasteiger partial charge in [0.05, 0.1) is 7.11 Å². The number of benzene rings is 2. The van der Waals surface area contributed by atoms with Gasteiger partial charge in [-0.05, 0) is 66.7 Å². The molecule has 146 valence electrons. The van der Waals surface area contributed by atoms with Crippen LogP contribution in [-0.2, 0) is 4.79 Å². The summed E-state index contributed by atoms with van der Waals surface area (Å²) >= 11 is 5.14. The molecule has 2 rings (SSSR count). The number of anilines is 1. The number of carbonyl (C=O) groups is 2. The van der Waals surface area contributed by atoms with Crippen molar-refractivity contribution in [2.45, 2.75) is 13.3 Å². The molecule has 0 atom stereocenters. The standard InChI is InChI=1S/C21H23N3O3S/c1-3-14-22-20(26)16-7-9-17(10-8-16)23-21(28)24-19(25)13-6-15-4-11-18(27-2)12-5-15/h4-13H,3,14H2,1-2H3,(H,22,26)(H2,23,24,25,28)/b13-6+. The maximum Gasteiger partial charge on any atom is 0.251 e. The van der Waals surface area contributed by atoms with E-state index in [1.807, 2.05) is 31.2 Å². The maximum atomic E-state index is 12.0. The van der Waals surface area contributed by atoms with Crippen molar-refractivity contribution in [3.8, 4) is 5.75 Å². The normalized spacial score (nSPS) is 10.4. The van der Waals surface area contributed by atoms with Crippen LogP contribution < -0.4 is 20.7 Å². The van der Waals surface area contributed by atoms with Crippen LogP contribution in [0.2, 0.25) is 0 Å². The molecule has 28 heavy (non-hydrogen) atoms. The number of ether oxygens (including phenoxy) is 1. The zero-order chi connectivity index (χ0) is 20.4.